The van der Waals surface area contributed by atoms with Crippen LogP contribution in [-0.2, 0) is 10.8 Å². The molecular weight excluding hydrogens is 769 g/mol. The van der Waals surface area contributed by atoms with Gasteiger partial charge in [0.2, 0.25) is 0 Å². The van der Waals surface area contributed by atoms with Crippen molar-refractivity contribution in [1.29, 1.82) is 0 Å². The first kappa shape index (κ1) is 40.3. The average molecular weight is 819 g/mol. The summed E-state index contributed by atoms with van der Waals surface area (Å²) in [5.74, 6) is 0. The molecule has 0 saturated carbocycles. The zero-order valence-electron chi connectivity index (χ0n) is 36.4. The number of aryl methyl sites for hydroxylation is 2. The molecule has 0 atom stereocenters. The minimum Gasteiger partial charge on any atom is -0.0622 e. The van der Waals surface area contributed by atoms with Crippen molar-refractivity contribution in [2.75, 3.05) is 0 Å². The summed E-state index contributed by atoms with van der Waals surface area (Å²) in [6, 6.07) is 98.3. The van der Waals surface area contributed by atoms with Gasteiger partial charge in [0.1, 0.15) is 0 Å². The lowest BCUT2D eigenvalue weighted by Gasteiger charge is -2.37. The molecule has 0 radical (unpaired) electrons. The van der Waals surface area contributed by atoms with Gasteiger partial charge in [0, 0.05) is 0 Å². The molecule has 0 heterocycles. The van der Waals surface area contributed by atoms with E-state index in [0.29, 0.717) is 0 Å². The Kier molecular flexibility index (Phi) is 11.0. The molecule has 0 aliphatic rings. The Hall–Kier alpha value is -7.80. The van der Waals surface area contributed by atoms with Crippen LogP contribution in [0.15, 0.2) is 267 Å². The topological polar surface area (TPSA) is 0 Å². The van der Waals surface area contributed by atoms with E-state index in [9.17, 15) is 0 Å². The Morgan fingerprint density at radius 3 is 0.750 bits per heavy atom. The predicted molar refractivity (Wildman–Crippen MR) is 269 cm³/mol. The summed E-state index contributed by atoms with van der Waals surface area (Å²) in [5.41, 5.74) is 18.4. The van der Waals surface area contributed by atoms with Crippen LogP contribution in [0.4, 0.5) is 0 Å². The van der Waals surface area contributed by atoms with E-state index in [1.165, 1.54) is 89.0 Å². The minimum absolute atomic E-state index is 0.559. The number of rotatable bonds is 11. The molecule has 0 amide bonds. The highest BCUT2D eigenvalue weighted by atomic mass is 14.4. The van der Waals surface area contributed by atoms with Crippen LogP contribution in [0.3, 0.4) is 0 Å². The maximum atomic E-state index is 2.43. The Labute approximate surface area is 378 Å². The number of benzene rings is 10. The van der Waals surface area contributed by atoms with Crippen LogP contribution >= 0.6 is 0 Å². The third-order valence-electron chi connectivity index (χ3n) is 13.2. The quantitative estimate of drug-likeness (QED) is 0.114. The first-order valence-electron chi connectivity index (χ1n) is 22.3. The number of hydrogen-bond acceptors (Lipinski definition) is 0. The van der Waals surface area contributed by atoms with Crippen molar-refractivity contribution in [3.05, 3.63) is 323 Å². The van der Waals surface area contributed by atoms with E-state index in [0.717, 1.165) is 0 Å². The molecule has 0 bridgehead atoms. The Balaban J connectivity index is 1.22. The van der Waals surface area contributed by atoms with E-state index in [1.807, 2.05) is 0 Å². The first-order chi connectivity index (χ1) is 31.6. The van der Waals surface area contributed by atoms with E-state index in [2.05, 4.69) is 281 Å². The van der Waals surface area contributed by atoms with Crippen LogP contribution in [-0.4, -0.2) is 0 Å². The van der Waals surface area contributed by atoms with Gasteiger partial charge >= 0.3 is 0 Å². The minimum atomic E-state index is -0.559. The van der Waals surface area contributed by atoms with E-state index in [-0.39, 0.29) is 0 Å². The van der Waals surface area contributed by atoms with Crippen LogP contribution in [0.1, 0.15) is 55.6 Å². The van der Waals surface area contributed by atoms with Gasteiger partial charge in [0.15, 0.2) is 0 Å². The largest absolute Gasteiger partial charge is 0.0701 e. The molecule has 0 saturated heterocycles. The summed E-state index contributed by atoms with van der Waals surface area (Å²) in [6.07, 6.45) is 0. The van der Waals surface area contributed by atoms with Crippen molar-refractivity contribution in [2.45, 2.75) is 24.7 Å². The molecule has 0 spiro atoms. The molecule has 10 aromatic rings. The molecule has 0 N–H and O–H groups in total. The van der Waals surface area contributed by atoms with E-state index < -0.39 is 10.8 Å². The fourth-order valence-corrected chi connectivity index (χ4v) is 10.4. The van der Waals surface area contributed by atoms with Crippen molar-refractivity contribution in [3.63, 3.8) is 0 Å². The maximum absolute atomic E-state index is 2.43. The second kappa shape index (κ2) is 17.5. The third-order valence-corrected chi connectivity index (χ3v) is 13.2. The molecule has 0 aromatic heterocycles. The van der Waals surface area contributed by atoms with Crippen molar-refractivity contribution < 1.29 is 0 Å². The lowest BCUT2D eigenvalue weighted by molar-refractivity contribution is 0.745. The molecular formula is C64H50. The first-order valence-corrected chi connectivity index (χ1v) is 22.3. The summed E-state index contributed by atoms with van der Waals surface area (Å²) < 4.78 is 0. The molecule has 306 valence electrons. The van der Waals surface area contributed by atoms with E-state index in [1.54, 1.807) is 0 Å². The van der Waals surface area contributed by atoms with Crippen molar-refractivity contribution in [1.82, 2.24) is 0 Å². The SMILES string of the molecule is Cc1cccc(C)c1-c1cc(-c2cccc(C(c3ccccc3)(c3ccccc3)c3ccccc3)c2)cc(-c2cccc(C(c3ccccc3)(c3ccccc3)c3ccccc3)c2)c1. The van der Waals surface area contributed by atoms with Crippen LogP contribution in [0, 0.1) is 13.8 Å². The van der Waals surface area contributed by atoms with Crippen molar-refractivity contribution in [2.24, 2.45) is 0 Å². The molecule has 0 unspecified atom stereocenters. The van der Waals surface area contributed by atoms with Crippen LogP contribution in [0.5, 0.6) is 0 Å². The Morgan fingerprint density at radius 2 is 0.453 bits per heavy atom. The van der Waals surface area contributed by atoms with Gasteiger partial charge in [-0.05, 0) is 133 Å². The predicted octanol–water partition coefficient (Wildman–Crippen LogP) is 16.1. The Morgan fingerprint density at radius 1 is 0.203 bits per heavy atom. The van der Waals surface area contributed by atoms with Gasteiger partial charge < -0.3 is 0 Å². The molecule has 0 nitrogen and oxygen atoms in total. The standard InChI is InChI=1S/C64H50/c1-47-24-21-25-48(2)62(47)53-43-51(49-26-22-40-60(45-49)63(54-28-9-3-10-29-54,55-30-11-4-12-31-55)56-32-13-5-14-33-56)42-52(44-53)50-27-23-41-61(46-50)64(57-34-15-6-16-35-57,58-36-17-7-18-37-58)59-38-19-8-20-39-59/h3-46H,1-2H3. The van der Waals surface area contributed by atoms with Gasteiger partial charge in [-0.15, -0.1) is 0 Å². The summed E-state index contributed by atoms with van der Waals surface area (Å²) in [6.45, 7) is 4.47. The maximum Gasteiger partial charge on any atom is 0.0701 e. The monoisotopic (exact) mass is 818 g/mol. The van der Waals surface area contributed by atoms with Gasteiger partial charge in [-0.2, -0.15) is 0 Å². The highest BCUT2D eigenvalue weighted by molar-refractivity contribution is 5.84. The summed E-state index contributed by atoms with van der Waals surface area (Å²) >= 11 is 0. The van der Waals surface area contributed by atoms with Crippen molar-refractivity contribution >= 4 is 0 Å². The van der Waals surface area contributed by atoms with E-state index >= 15 is 0 Å². The van der Waals surface area contributed by atoms with Gasteiger partial charge in [-0.3, -0.25) is 0 Å². The second-order valence-electron chi connectivity index (χ2n) is 16.9. The van der Waals surface area contributed by atoms with E-state index in [4.69, 9.17) is 0 Å². The molecule has 0 heteroatoms. The highest BCUT2D eigenvalue weighted by Gasteiger charge is 2.40. The summed E-state index contributed by atoms with van der Waals surface area (Å²) in [5, 5.41) is 0. The summed E-state index contributed by atoms with van der Waals surface area (Å²) in [4.78, 5) is 0. The Bertz CT molecular complexity index is 2730. The molecule has 0 aliphatic heterocycles. The second-order valence-corrected chi connectivity index (χ2v) is 16.9. The molecule has 64 heavy (non-hydrogen) atoms. The fraction of sp³-hybridized carbons (Fsp3) is 0.0625. The number of hydrogen-bond donors (Lipinski definition) is 0. The fourth-order valence-electron chi connectivity index (χ4n) is 10.4. The third kappa shape index (κ3) is 7.18. The molecule has 10 aromatic carbocycles. The van der Waals surface area contributed by atoms with Crippen molar-refractivity contribution in [3.8, 4) is 33.4 Å². The van der Waals surface area contributed by atoms with Gasteiger partial charge in [0.05, 0.1) is 10.8 Å². The lowest BCUT2D eigenvalue weighted by Crippen LogP contribution is -2.31. The summed E-state index contributed by atoms with van der Waals surface area (Å²) in [7, 11) is 0. The highest BCUT2D eigenvalue weighted by Crippen LogP contribution is 2.48. The molecule has 0 aliphatic carbocycles. The average Bonchev–Trinajstić information content (AvgIpc) is 3.37. The normalized spacial score (nSPS) is 11.6. The molecule has 10 rings (SSSR count). The van der Waals surface area contributed by atoms with Gasteiger partial charge in [-0.1, -0.05) is 237 Å². The van der Waals surface area contributed by atoms with Crippen LogP contribution in [0.2, 0.25) is 0 Å². The lowest BCUT2D eigenvalue weighted by atomic mass is 9.65. The van der Waals surface area contributed by atoms with Gasteiger partial charge in [0.25, 0.3) is 0 Å². The van der Waals surface area contributed by atoms with Crippen LogP contribution in [0.25, 0.3) is 33.4 Å². The van der Waals surface area contributed by atoms with Gasteiger partial charge in [-0.25, -0.2) is 0 Å². The molecule has 0 fully saturated rings. The zero-order valence-corrected chi connectivity index (χ0v) is 36.4. The smallest absolute Gasteiger partial charge is 0.0622 e. The van der Waals surface area contributed by atoms with Crippen LogP contribution < -0.4 is 0 Å². The zero-order chi connectivity index (χ0) is 43.4.